The molecule has 2 aromatic rings. The number of aryl methyl sites for hydroxylation is 2. The van der Waals surface area contributed by atoms with E-state index in [-0.39, 0.29) is 6.04 Å². The molecule has 0 spiro atoms. The molecule has 2 aromatic heterocycles. The van der Waals surface area contributed by atoms with Gasteiger partial charge in [-0.1, -0.05) is 6.92 Å². The number of hydrogen-bond acceptors (Lipinski definition) is 6. The van der Waals surface area contributed by atoms with Crippen LogP contribution in [0.15, 0.2) is 12.3 Å². The Bertz CT molecular complexity index is 566. The van der Waals surface area contributed by atoms with Gasteiger partial charge in [0.25, 0.3) is 0 Å². The maximum absolute atomic E-state index is 4.56. The van der Waals surface area contributed by atoms with Crippen LogP contribution in [0.4, 0.5) is 11.6 Å². The molecule has 108 valence electrons. The fourth-order valence-corrected chi connectivity index (χ4v) is 2.67. The second-order valence-corrected chi connectivity index (χ2v) is 6.00. The zero-order valence-electron chi connectivity index (χ0n) is 12.4. The molecule has 6 heteroatoms. The Morgan fingerprint density at radius 3 is 2.65 bits per heavy atom. The summed E-state index contributed by atoms with van der Waals surface area (Å²) in [7, 11) is 1.87. The quantitative estimate of drug-likeness (QED) is 0.854. The summed E-state index contributed by atoms with van der Waals surface area (Å²) in [5, 5.41) is 7.55. The van der Waals surface area contributed by atoms with Crippen molar-refractivity contribution in [3.05, 3.63) is 28.0 Å². The first-order valence-corrected chi connectivity index (χ1v) is 7.68. The lowest BCUT2D eigenvalue weighted by atomic mass is 10.3. The van der Waals surface area contributed by atoms with Crippen molar-refractivity contribution in [2.45, 2.75) is 39.7 Å². The highest BCUT2D eigenvalue weighted by molar-refractivity contribution is 7.11. The number of nitrogens with zero attached hydrogens (tertiary/aromatic N) is 3. The highest BCUT2D eigenvalue weighted by Gasteiger charge is 2.11. The van der Waals surface area contributed by atoms with Crippen molar-refractivity contribution in [1.29, 1.82) is 0 Å². The van der Waals surface area contributed by atoms with E-state index in [2.05, 4.69) is 46.4 Å². The number of hydrogen-bond donors (Lipinski definition) is 2. The first-order valence-electron chi connectivity index (χ1n) is 6.87. The molecule has 1 atom stereocenters. The highest BCUT2D eigenvalue weighted by atomic mass is 32.1. The van der Waals surface area contributed by atoms with Crippen LogP contribution in [0.1, 0.15) is 42.0 Å². The molecule has 20 heavy (non-hydrogen) atoms. The van der Waals surface area contributed by atoms with Gasteiger partial charge in [0, 0.05) is 30.6 Å². The first-order chi connectivity index (χ1) is 9.62. The third-order valence-corrected chi connectivity index (χ3v) is 3.97. The number of aromatic nitrogens is 3. The third-order valence-electron chi connectivity index (χ3n) is 2.88. The second-order valence-electron chi connectivity index (χ2n) is 4.73. The first kappa shape index (κ1) is 14.7. The van der Waals surface area contributed by atoms with Crippen LogP contribution < -0.4 is 10.6 Å². The summed E-state index contributed by atoms with van der Waals surface area (Å²) in [5.41, 5.74) is 0. The number of thiazole rings is 1. The monoisotopic (exact) mass is 291 g/mol. The van der Waals surface area contributed by atoms with Crippen LogP contribution in [0.5, 0.6) is 0 Å². The van der Waals surface area contributed by atoms with Crippen molar-refractivity contribution >= 4 is 23.0 Å². The van der Waals surface area contributed by atoms with Crippen LogP contribution in [0.25, 0.3) is 0 Å². The molecule has 0 fully saturated rings. The molecule has 0 aliphatic rings. The van der Waals surface area contributed by atoms with E-state index in [1.807, 2.05) is 19.3 Å². The zero-order valence-corrected chi connectivity index (χ0v) is 13.2. The summed E-state index contributed by atoms with van der Waals surface area (Å²) in [6, 6.07) is 2.07. The van der Waals surface area contributed by atoms with Gasteiger partial charge in [0.1, 0.15) is 22.5 Å². The molecule has 2 rings (SSSR count). The normalized spacial score (nSPS) is 12.2. The average molecular weight is 291 g/mol. The molecule has 0 amide bonds. The largest absolute Gasteiger partial charge is 0.373 e. The summed E-state index contributed by atoms with van der Waals surface area (Å²) in [6.07, 6.45) is 3.82. The summed E-state index contributed by atoms with van der Waals surface area (Å²) in [5.74, 6) is 2.55. The molecule has 0 saturated heterocycles. The van der Waals surface area contributed by atoms with Crippen LogP contribution in [0.3, 0.4) is 0 Å². The predicted octanol–water partition coefficient (Wildman–Crippen LogP) is 3.41. The molecule has 2 N–H and O–H groups in total. The molecule has 2 heterocycles. The van der Waals surface area contributed by atoms with E-state index in [0.29, 0.717) is 0 Å². The maximum atomic E-state index is 4.56. The number of anilines is 2. The molecular weight excluding hydrogens is 270 g/mol. The van der Waals surface area contributed by atoms with E-state index < -0.39 is 0 Å². The Morgan fingerprint density at radius 1 is 1.30 bits per heavy atom. The molecule has 0 aromatic carbocycles. The van der Waals surface area contributed by atoms with Crippen molar-refractivity contribution in [2.75, 3.05) is 17.7 Å². The molecule has 0 radical (unpaired) electrons. The Morgan fingerprint density at radius 2 is 2.05 bits per heavy atom. The minimum absolute atomic E-state index is 0.141. The van der Waals surface area contributed by atoms with Crippen molar-refractivity contribution in [3.8, 4) is 0 Å². The van der Waals surface area contributed by atoms with Gasteiger partial charge in [-0.25, -0.2) is 15.0 Å². The van der Waals surface area contributed by atoms with E-state index in [9.17, 15) is 0 Å². The van der Waals surface area contributed by atoms with E-state index in [0.717, 1.165) is 35.3 Å². The van der Waals surface area contributed by atoms with Gasteiger partial charge in [-0.15, -0.1) is 11.3 Å². The van der Waals surface area contributed by atoms with Crippen LogP contribution in [-0.4, -0.2) is 22.0 Å². The summed E-state index contributed by atoms with van der Waals surface area (Å²) in [6.45, 7) is 6.29. The maximum Gasteiger partial charge on any atom is 0.133 e. The minimum Gasteiger partial charge on any atom is -0.373 e. The summed E-state index contributed by atoms with van der Waals surface area (Å²) in [4.78, 5) is 14.6. The lowest BCUT2D eigenvalue weighted by Crippen LogP contribution is -2.10. The summed E-state index contributed by atoms with van der Waals surface area (Å²) < 4.78 is 0. The van der Waals surface area contributed by atoms with Gasteiger partial charge in [0.15, 0.2) is 0 Å². The lowest BCUT2D eigenvalue weighted by molar-refractivity contribution is 0.817. The Labute approximate surface area is 123 Å². The van der Waals surface area contributed by atoms with Crippen molar-refractivity contribution < 1.29 is 0 Å². The molecule has 1 unspecified atom stereocenters. The van der Waals surface area contributed by atoms with Gasteiger partial charge in [-0.2, -0.15) is 0 Å². The van der Waals surface area contributed by atoms with Crippen LogP contribution in [0.2, 0.25) is 0 Å². The lowest BCUT2D eigenvalue weighted by Gasteiger charge is -2.14. The highest BCUT2D eigenvalue weighted by Crippen LogP contribution is 2.23. The van der Waals surface area contributed by atoms with Crippen LogP contribution in [0, 0.1) is 6.92 Å². The smallest absolute Gasteiger partial charge is 0.133 e. The van der Waals surface area contributed by atoms with Crippen LogP contribution >= 0.6 is 11.3 Å². The second kappa shape index (κ2) is 6.65. The molecule has 5 nitrogen and oxygen atoms in total. The number of rotatable bonds is 6. The van der Waals surface area contributed by atoms with E-state index in [1.54, 1.807) is 11.3 Å². The van der Waals surface area contributed by atoms with E-state index >= 15 is 0 Å². The molecule has 0 aliphatic heterocycles. The average Bonchev–Trinajstić information content (AvgIpc) is 2.85. The van der Waals surface area contributed by atoms with Gasteiger partial charge >= 0.3 is 0 Å². The Hall–Kier alpha value is -1.69. The molecular formula is C14H21N5S. The standard InChI is InChI=1S/C14H21N5S/c1-5-6-11-18-12(15-4)7-13(19-11)17-10(3)14-16-8-9(2)20-14/h7-8,10H,5-6H2,1-4H3,(H2,15,17,18,19). The Kier molecular flexibility index (Phi) is 4.89. The molecule has 0 bridgehead atoms. The van der Waals surface area contributed by atoms with Crippen molar-refractivity contribution in [3.63, 3.8) is 0 Å². The minimum atomic E-state index is 0.141. The predicted molar refractivity (Wildman–Crippen MR) is 84.5 cm³/mol. The summed E-state index contributed by atoms with van der Waals surface area (Å²) >= 11 is 1.71. The third kappa shape index (κ3) is 3.66. The fourth-order valence-electron chi connectivity index (χ4n) is 1.89. The Balaban J connectivity index is 2.17. The van der Waals surface area contributed by atoms with E-state index in [4.69, 9.17) is 0 Å². The van der Waals surface area contributed by atoms with Gasteiger partial charge in [0.2, 0.25) is 0 Å². The van der Waals surface area contributed by atoms with Gasteiger partial charge in [-0.05, 0) is 20.3 Å². The fraction of sp³-hybridized carbons (Fsp3) is 0.500. The van der Waals surface area contributed by atoms with Crippen LogP contribution in [-0.2, 0) is 6.42 Å². The van der Waals surface area contributed by atoms with Crippen molar-refractivity contribution in [1.82, 2.24) is 15.0 Å². The van der Waals surface area contributed by atoms with Gasteiger partial charge in [0.05, 0.1) is 6.04 Å². The zero-order chi connectivity index (χ0) is 14.5. The molecule has 0 aliphatic carbocycles. The topological polar surface area (TPSA) is 62.7 Å². The number of nitrogens with one attached hydrogen (secondary N) is 2. The molecule has 0 saturated carbocycles. The SMILES string of the molecule is CCCc1nc(NC)cc(NC(C)c2ncc(C)s2)n1. The van der Waals surface area contributed by atoms with E-state index in [1.165, 1.54) is 4.88 Å². The van der Waals surface area contributed by atoms with Gasteiger partial charge < -0.3 is 10.6 Å². The van der Waals surface area contributed by atoms with Crippen molar-refractivity contribution in [2.24, 2.45) is 0 Å². The van der Waals surface area contributed by atoms with Gasteiger partial charge in [-0.3, -0.25) is 0 Å².